The number of nitrogens with zero attached hydrogens (tertiary/aromatic N) is 3. The second-order valence-electron chi connectivity index (χ2n) is 6.91. The fourth-order valence-corrected chi connectivity index (χ4v) is 3.95. The summed E-state index contributed by atoms with van der Waals surface area (Å²) in [5, 5.41) is 8.51. The van der Waals surface area contributed by atoms with Crippen LogP contribution < -0.4 is 0 Å². The Balaban J connectivity index is 1.49. The number of hydrogen-bond acceptors (Lipinski definition) is 5. The van der Waals surface area contributed by atoms with E-state index < -0.39 is 0 Å². The fourth-order valence-electron chi connectivity index (χ4n) is 3.31. The number of aryl methyl sites for hydroxylation is 2. The lowest BCUT2D eigenvalue weighted by Gasteiger charge is -2.10. The molecule has 0 aliphatic carbocycles. The van der Waals surface area contributed by atoms with Gasteiger partial charge in [-0.2, -0.15) is 0 Å². The first-order valence-electron chi connectivity index (χ1n) is 9.34. The number of hydrogen-bond donors (Lipinski definition) is 0. The first-order valence-corrected chi connectivity index (χ1v) is 10.3. The van der Waals surface area contributed by atoms with Gasteiger partial charge in [-0.25, -0.2) is 0 Å². The topological polar surface area (TPSA) is 60.9 Å². The van der Waals surface area contributed by atoms with Gasteiger partial charge in [0.15, 0.2) is 5.78 Å². The first kappa shape index (κ1) is 19.2. The molecule has 0 aliphatic rings. The van der Waals surface area contributed by atoms with Crippen molar-refractivity contribution in [2.45, 2.75) is 26.0 Å². The number of thioether (sulfide) groups is 1. The third kappa shape index (κ3) is 4.03. The van der Waals surface area contributed by atoms with Crippen LogP contribution in [-0.4, -0.2) is 26.3 Å². The molecule has 5 nitrogen and oxygen atoms in total. The smallest absolute Gasteiger partial charge is 0.277 e. The molecule has 0 spiro atoms. The van der Waals surface area contributed by atoms with Gasteiger partial charge >= 0.3 is 0 Å². The van der Waals surface area contributed by atoms with E-state index in [0.717, 1.165) is 28.2 Å². The predicted octanol–water partition coefficient (Wildman–Crippen LogP) is 5.43. The number of Topliss-reactive ketones (excluding diaryl/α,β-unsaturated/α-hetero) is 1. The van der Waals surface area contributed by atoms with Crippen LogP contribution in [0.5, 0.6) is 0 Å². The molecule has 0 aliphatic heterocycles. The standard InChI is InChI=1S/C23H21N3O2S/c1-15-9-11-19(12-10-15)26-16(2)13-20(17(26)3)21(27)14-29-23-25-24-22(28-23)18-7-5-4-6-8-18/h4-13H,14H2,1-3H3. The number of ketones is 1. The highest BCUT2D eigenvalue weighted by Crippen LogP contribution is 2.26. The zero-order chi connectivity index (χ0) is 20.4. The van der Waals surface area contributed by atoms with Crippen molar-refractivity contribution >= 4 is 17.5 Å². The fraction of sp³-hybridized carbons (Fsp3) is 0.174. The summed E-state index contributed by atoms with van der Waals surface area (Å²) in [4.78, 5) is 12.8. The maximum Gasteiger partial charge on any atom is 0.277 e. The summed E-state index contributed by atoms with van der Waals surface area (Å²) in [6, 6.07) is 19.8. The summed E-state index contributed by atoms with van der Waals surface area (Å²) in [5.41, 5.74) is 5.81. The van der Waals surface area contributed by atoms with Crippen LogP contribution in [0.3, 0.4) is 0 Å². The maximum atomic E-state index is 12.8. The van der Waals surface area contributed by atoms with Gasteiger partial charge in [0.1, 0.15) is 0 Å². The van der Waals surface area contributed by atoms with Crippen LogP contribution >= 0.6 is 11.8 Å². The lowest BCUT2D eigenvalue weighted by molar-refractivity contribution is 0.102. The van der Waals surface area contributed by atoms with E-state index in [1.54, 1.807) is 0 Å². The molecule has 2 aromatic carbocycles. The molecule has 0 saturated heterocycles. The predicted molar refractivity (Wildman–Crippen MR) is 115 cm³/mol. The highest BCUT2D eigenvalue weighted by atomic mass is 32.2. The van der Waals surface area contributed by atoms with Crippen LogP contribution in [0.1, 0.15) is 27.3 Å². The highest BCUT2D eigenvalue weighted by molar-refractivity contribution is 7.99. The van der Waals surface area contributed by atoms with Crippen LogP contribution in [0.4, 0.5) is 0 Å². The van der Waals surface area contributed by atoms with Crippen LogP contribution in [0.15, 0.2) is 70.3 Å². The molecule has 0 amide bonds. The van der Waals surface area contributed by atoms with Crippen LogP contribution in [0.2, 0.25) is 0 Å². The van der Waals surface area contributed by atoms with E-state index in [1.165, 1.54) is 17.3 Å². The quantitative estimate of drug-likeness (QED) is 0.317. The number of aromatic nitrogens is 3. The van der Waals surface area contributed by atoms with E-state index in [2.05, 4.69) is 46.0 Å². The van der Waals surface area contributed by atoms with Gasteiger partial charge in [-0.1, -0.05) is 47.7 Å². The minimum absolute atomic E-state index is 0.0425. The average molecular weight is 404 g/mol. The molecule has 0 radical (unpaired) electrons. The van der Waals surface area contributed by atoms with Crippen molar-refractivity contribution in [2.24, 2.45) is 0 Å². The van der Waals surface area contributed by atoms with Gasteiger partial charge in [-0.3, -0.25) is 4.79 Å². The molecular formula is C23H21N3O2S. The molecule has 29 heavy (non-hydrogen) atoms. The molecule has 0 N–H and O–H groups in total. The van der Waals surface area contributed by atoms with E-state index >= 15 is 0 Å². The zero-order valence-corrected chi connectivity index (χ0v) is 17.4. The van der Waals surface area contributed by atoms with Crippen molar-refractivity contribution in [3.63, 3.8) is 0 Å². The lowest BCUT2D eigenvalue weighted by atomic mass is 10.2. The van der Waals surface area contributed by atoms with Crippen molar-refractivity contribution in [3.8, 4) is 17.1 Å². The SMILES string of the molecule is Cc1ccc(-n2c(C)cc(C(=O)CSc3nnc(-c4ccccc4)o3)c2C)cc1. The van der Waals surface area contributed by atoms with E-state index in [4.69, 9.17) is 4.42 Å². The largest absolute Gasteiger partial charge is 0.411 e. The Morgan fingerprint density at radius 2 is 1.72 bits per heavy atom. The molecule has 2 aromatic heterocycles. The molecular weight excluding hydrogens is 382 g/mol. The Hall–Kier alpha value is -3.12. The molecule has 0 unspecified atom stereocenters. The number of benzene rings is 2. The van der Waals surface area contributed by atoms with Crippen molar-refractivity contribution in [2.75, 3.05) is 5.75 Å². The molecule has 0 fully saturated rings. The second-order valence-corrected chi connectivity index (χ2v) is 7.83. The molecule has 0 saturated carbocycles. The van der Waals surface area contributed by atoms with E-state index in [0.29, 0.717) is 11.1 Å². The Morgan fingerprint density at radius 1 is 1.00 bits per heavy atom. The summed E-state index contributed by atoms with van der Waals surface area (Å²) in [6.45, 7) is 6.05. The summed E-state index contributed by atoms with van der Waals surface area (Å²) in [5.74, 6) is 0.744. The third-order valence-electron chi connectivity index (χ3n) is 4.78. The molecule has 4 rings (SSSR count). The van der Waals surface area contributed by atoms with Crippen LogP contribution in [0, 0.1) is 20.8 Å². The van der Waals surface area contributed by atoms with Gasteiger partial charge in [0.25, 0.3) is 5.22 Å². The number of carbonyl (C=O) groups is 1. The summed E-state index contributed by atoms with van der Waals surface area (Å²) < 4.78 is 7.79. The number of rotatable bonds is 6. The van der Waals surface area contributed by atoms with Crippen molar-refractivity contribution < 1.29 is 9.21 Å². The van der Waals surface area contributed by atoms with Gasteiger partial charge in [-0.15, -0.1) is 10.2 Å². The minimum atomic E-state index is 0.0425. The molecule has 0 bridgehead atoms. The van der Waals surface area contributed by atoms with E-state index in [-0.39, 0.29) is 11.5 Å². The van der Waals surface area contributed by atoms with E-state index in [9.17, 15) is 4.79 Å². The Bertz CT molecular complexity index is 1140. The zero-order valence-electron chi connectivity index (χ0n) is 16.5. The lowest BCUT2D eigenvalue weighted by Crippen LogP contribution is -2.05. The highest BCUT2D eigenvalue weighted by Gasteiger charge is 2.18. The maximum absolute atomic E-state index is 12.8. The minimum Gasteiger partial charge on any atom is -0.411 e. The molecule has 0 atom stereocenters. The van der Waals surface area contributed by atoms with Gasteiger partial charge in [0.05, 0.1) is 5.75 Å². The molecule has 6 heteroatoms. The third-order valence-corrected chi connectivity index (χ3v) is 5.60. The molecule has 4 aromatic rings. The van der Waals surface area contributed by atoms with Crippen molar-refractivity contribution in [1.82, 2.24) is 14.8 Å². The first-order chi connectivity index (χ1) is 14.0. The van der Waals surface area contributed by atoms with Gasteiger partial charge in [-0.05, 0) is 51.1 Å². The monoisotopic (exact) mass is 403 g/mol. The Kier molecular flexibility index (Phi) is 5.36. The summed E-state index contributed by atoms with van der Waals surface area (Å²) in [6.07, 6.45) is 0. The second kappa shape index (κ2) is 8.09. The normalized spacial score (nSPS) is 11.0. The van der Waals surface area contributed by atoms with Crippen LogP contribution in [-0.2, 0) is 0 Å². The Labute approximate surface area is 173 Å². The molecule has 2 heterocycles. The summed E-state index contributed by atoms with van der Waals surface area (Å²) in [7, 11) is 0. The van der Waals surface area contributed by atoms with Gasteiger partial charge in [0, 0.05) is 28.2 Å². The van der Waals surface area contributed by atoms with Crippen LogP contribution in [0.25, 0.3) is 17.1 Å². The van der Waals surface area contributed by atoms with E-state index in [1.807, 2.05) is 50.2 Å². The van der Waals surface area contributed by atoms with Gasteiger partial charge < -0.3 is 8.98 Å². The molecule has 146 valence electrons. The number of carbonyl (C=O) groups excluding carboxylic acids is 1. The van der Waals surface area contributed by atoms with Gasteiger partial charge in [0.2, 0.25) is 5.89 Å². The van der Waals surface area contributed by atoms with Crippen molar-refractivity contribution in [3.05, 3.63) is 83.2 Å². The average Bonchev–Trinajstić information content (AvgIpc) is 3.32. The summed E-state index contributed by atoms with van der Waals surface area (Å²) >= 11 is 1.26. The Morgan fingerprint density at radius 3 is 2.45 bits per heavy atom. The van der Waals surface area contributed by atoms with Crippen molar-refractivity contribution in [1.29, 1.82) is 0 Å².